The van der Waals surface area contributed by atoms with Crippen molar-refractivity contribution in [3.63, 3.8) is 0 Å². The first-order chi connectivity index (χ1) is 9.22. The molecule has 0 unspecified atom stereocenters. The minimum atomic E-state index is -0.577. The van der Waals surface area contributed by atoms with Crippen molar-refractivity contribution in [3.05, 3.63) is 35.5 Å². The average Bonchev–Trinajstić information content (AvgIpc) is 2.33. The molecule has 0 N–H and O–H groups in total. The second-order valence-corrected chi connectivity index (χ2v) is 6.95. The molecule has 1 heterocycles. The summed E-state index contributed by atoms with van der Waals surface area (Å²) in [5, 5.41) is 0. The van der Waals surface area contributed by atoms with Gasteiger partial charge < -0.3 is 9.47 Å². The van der Waals surface area contributed by atoms with E-state index < -0.39 is 5.79 Å². The molecule has 0 radical (unpaired) electrons. The zero-order chi connectivity index (χ0) is 15.2. The molecule has 1 fully saturated rings. The number of hydrogen-bond donors (Lipinski definition) is 0. The summed E-state index contributed by atoms with van der Waals surface area (Å²) in [5.41, 5.74) is 2.87. The van der Waals surface area contributed by atoms with Crippen molar-refractivity contribution in [2.45, 2.75) is 60.2 Å². The number of ether oxygens (including phenoxy) is 2. The van der Waals surface area contributed by atoms with Crippen LogP contribution in [0.2, 0.25) is 0 Å². The quantitative estimate of drug-likeness (QED) is 0.519. The topological polar surface area (TPSA) is 18.5 Å². The van der Waals surface area contributed by atoms with Gasteiger partial charge in [-0.2, -0.15) is 0 Å². The van der Waals surface area contributed by atoms with Crippen molar-refractivity contribution < 1.29 is 9.47 Å². The second-order valence-electron chi connectivity index (χ2n) is 6.95. The molecule has 0 aromatic rings. The van der Waals surface area contributed by atoms with E-state index in [4.69, 9.17) is 9.47 Å². The van der Waals surface area contributed by atoms with Crippen LogP contribution in [0.4, 0.5) is 0 Å². The summed E-state index contributed by atoms with van der Waals surface area (Å²) in [4.78, 5) is 0. The van der Waals surface area contributed by atoms with E-state index in [0.717, 1.165) is 26.1 Å². The van der Waals surface area contributed by atoms with Crippen LogP contribution in [0.5, 0.6) is 0 Å². The molecule has 0 atom stereocenters. The third kappa shape index (κ3) is 6.53. The Balaban J connectivity index is 2.45. The molecule has 1 aliphatic heterocycles. The van der Waals surface area contributed by atoms with Crippen molar-refractivity contribution in [1.82, 2.24) is 0 Å². The van der Waals surface area contributed by atoms with Gasteiger partial charge >= 0.3 is 0 Å². The Morgan fingerprint density at radius 2 is 1.65 bits per heavy atom. The highest BCUT2D eigenvalue weighted by molar-refractivity contribution is 5.14. The van der Waals surface area contributed by atoms with Crippen molar-refractivity contribution in [2.24, 2.45) is 5.41 Å². The lowest BCUT2D eigenvalue weighted by Crippen LogP contribution is -2.44. The molecule has 0 spiro atoms. The number of allylic oxidation sites excluding steroid dienone is 5. The highest BCUT2D eigenvalue weighted by Crippen LogP contribution is 2.29. The van der Waals surface area contributed by atoms with Gasteiger partial charge in [0, 0.05) is 5.41 Å². The van der Waals surface area contributed by atoms with Crippen LogP contribution in [0.3, 0.4) is 0 Å². The Morgan fingerprint density at radius 1 is 1.05 bits per heavy atom. The second kappa shape index (κ2) is 7.24. The molecule has 20 heavy (non-hydrogen) atoms. The minimum absolute atomic E-state index is 0.115. The van der Waals surface area contributed by atoms with Gasteiger partial charge in [-0.15, -0.1) is 0 Å². The zero-order valence-corrected chi connectivity index (χ0v) is 14.0. The van der Waals surface area contributed by atoms with Crippen molar-refractivity contribution in [1.29, 1.82) is 0 Å². The molecular weight excluding hydrogens is 248 g/mol. The smallest absolute Gasteiger partial charge is 0.185 e. The molecule has 0 amide bonds. The van der Waals surface area contributed by atoms with Gasteiger partial charge in [0.1, 0.15) is 0 Å². The van der Waals surface area contributed by atoms with Crippen LogP contribution in [-0.2, 0) is 9.47 Å². The van der Waals surface area contributed by atoms with Crippen LogP contribution in [0.25, 0.3) is 0 Å². The molecular formula is C18H30O2. The fraction of sp³-hybridized carbons (Fsp3) is 0.667. The maximum Gasteiger partial charge on any atom is 0.185 e. The van der Waals surface area contributed by atoms with Gasteiger partial charge in [-0.05, 0) is 46.6 Å². The fourth-order valence-electron chi connectivity index (χ4n) is 1.92. The first kappa shape index (κ1) is 17.2. The summed E-state index contributed by atoms with van der Waals surface area (Å²) in [6.45, 7) is 14.2. The lowest BCUT2D eigenvalue weighted by atomic mass is 9.95. The number of hydrogen-bond acceptors (Lipinski definition) is 2. The molecule has 0 aliphatic carbocycles. The Bertz CT molecular complexity index is 386. The van der Waals surface area contributed by atoms with E-state index in [-0.39, 0.29) is 5.41 Å². The van der Waals surface area contributed by atoms with E-state index in [1.54, 1.807) is 0 Å². The van der Waals surface area contributed by atoms with Crippen LogP contribution >= 0.6 is 0 Å². The van der Waals surface area contributed by atoms with Gasteiger partial charge in [0.15, 0.2) is 5.79 Å². The third-order valence-electron chi connectivity index (χ3n) is 3.37. The Hall–Kier alpha value is -0.860. The summed E-state index contributed by atoms with van der Waals surface area (Å²) in [6, 6.07) is 0. The molecule has 2 heteroatoms. The van der Waals surface area contributed by atoms with Crippen LogP contribution in [-0.4, -0.2) is 19.0 Å². The predicted octanol–water partition coefficient (Wildman–Crippen LogP) is 5.02. The molecule has 114 valence electrons. The van der Waals surface area contributed by atoms with E-state index in [1.165, 1.54) is 11.1 Å². The maximum atomic E-state index is 5.83. The summed E-state index contributed by atoms with van der Waals surface area (Å²) in [7, 11) is 0. The van der Waals surface area contributed by atoms with Crippen molar-refractivity contribution >= 4 is 0 Å². The molecule has 2 nitrogen and oxygen atoms in total. The van der Waals surface area contributed by atoms with Crippen molar-refractivity contribution in [2.75, 3.05) is 13.2 Å². The first-order valence-corrected chi connectivity index (χ1v) is 7.49. The Morgan fingerprint density at radius 3 is 2.20 bits per heavy atom. The lowest BCUT2D eigenvalue weighted by Gasteiger charge is -2.39. The van der Waals surface area contributed by atoms with E-state index in [0.29, 0.717) is 0 Å². The highest BCUT2D eigenvalue weighted by Gasteiger charge is 2.34. The first-order valence-electron chi connectivity index (χ1n) is 7.49. The van der Waals surface area contributed by atoms with Gasteiger partial charge in [-0.3, -0.25) is 0 Å². The van der Waals surface area contributed by atoms with E-state index in [2.05, 4.69) is 52.8 Å². The van der Waals surface area contributed by atoms with Gasteiger partial charge in [0.2, 0.25) is 0 Å². The number of rotatable bonds is 5. The summed E-state index contributed by atoms with van der Waals surface area (Å²) >= 11 is 0. The lowest BCUT2D eigenvalue weighted by molar-refractivity contribution is -0.262. The SMILES string of the molecule is CC(C)=CCC/C(C)=C/C=C/C1(C)OCC(C)(C)CO1. The van der Waals surface area contributed by atoms with E-state index >= 15 is 0 Å². The summed E-state index contributed by atoms with van der Waals surface area (Å²) < 4.78 is 11.7. The minimum Gasteiger partial charge on any atom is -0.346 e. The monoisotopic (exact) mass is 278 g/mol. The van der Waals surface area contributed by atoms with Crippen LogP contribution in [0.1, 0.15) is 54.4 Å². The Kier molecular flexibility index (Phi) is 6.22. The largest absolute Gasteiger partial charge is 0.346 e. The third-order valence-corrected chi connectivity index (χ3v) is 3.37. The average molecular weight is 278 g/mol. The summed E-state index contributed by atoms with van der Waals surface area (Å²) in [6.07, 6.45) is 10.7. The molecule has 1 rings (SSSR count). The highest BCUT2D eigenvalue weighted by atomic mass is 16.7. The van der Waals surface area contributed by atoms with Gasteiger partial charge in [-0.25, -0.2) is 0 Å². The summed E-state index contributed by atoms with van der Waals surface area (Å²) in [5.74, 6) is -0.577. The van der Waals surface area contributed by atoms with Gasteiger partial charge in [-0.1, -0.05) is 43.2 Å². The molecule has 0 bridgehead atoms. The normalized spacial score (nSPS) is 22.0. The zero-order valence-electron chi connectivity index (χ0n) is 14.0. The van der Waals surface area contributed by atoms with Crippen LogP contribution < -0.4 is 0 Å². The molecule has 0 aromatic carbocycles. The van der Waals surface area contributed by atoms with E-state index in [1.807, 2.05) is 13.0 Å². The predicted molar refractivity (Wildman–Crippen MR) is 85.7 cm³/mol. The van der Waals surface area contributed by atoms with Crippen LogP contribution in [0.15, 0.2) is 35.5 Å². The molecule has 0 aromatic heterocycles. The van der Waals surface area contributed by atoms with Crippen LogP contribution in [0, 0.1) is 5.41 Å². The van der Waals surface area contributed by atoms with Gasteiger partial charge in [0.25, 0.3) is 0 Å². The molecule has 1 aliphatic rings. The van der Waals surface area contributed by atoms with E-state index in [9.17, 15) is 0 Å². The standard InChI is InChI=1S/C18H30O2/c1-15(2)9-7-10-16(3)11-8-12-18(6)19-13-17(4,5)14-20-18/h8-9,11-12H,7,10,13-14H2,1-6H3/b12-8+,16-11+. The van der Waals surface area contributed by atoms with Crippen molar-refractivity contribution in [3.8, 4) is 0 Å². The maximum absolute atomic E-state index is 5.83. The molecule has 1 saturated heterocycles. The Labute approximate surface area is 124 Å². The fourth-order valence-corrected chi connectivity index (χ4v) is 1.92. The molecule has 0 saturated carbocycles. The van der Waals surface area contributed by atoms with Gasteiger partial charge in [0.05, 0.1) is 13.2 Å².